The van der Waals surface area contributed by atoms with Crippen molar-refractivity contribution >= 4 is 11.9 Å². The molecule has 0 aromatic heterocycles. The monoisotopic (exact) mass is 99.0 g/mol. The Labute approximate surface area is 35.4 Å². The van der Waals surface area contributed by atoms with E-state index in [-0.39, 0.29) is 0 Å². The third kappa shape index (κ3) is 679. The van der Waals surface area contributed by atoms with Gasteiger partial charge in [-0.3, -0.25) is 4.66 Å². The highest BCUT2D eigenvalue weighted by molar-refractivity contribution is 6.04. The average Bonchev–Trinajstić information content (AvgIpc) is 1.46. The van der Waals surface area contributed by atoms with Gasteiger partial charge in [0.1, 0.15) is 0 Å². The maximum atomic E-state index is 6.47. The van der Waals surface area contributed by atoms with Gasteiger partial charge < -0.3 is 4.84 Å². The lowest BCUT2D eigenvalue weighted by atomic mass is 11.7. The lowest BCUT2D eigenvalue weighted by molar-refractivity contribution is 0.206. The van der Waals surface area contributed by atoms with Crippen LogP contribution in [0.25, 0.3) is 0 Å². The van der Waals surface area contributed by atoms with E-state index in [4.69, 9.17) is 4.66 Å². The largest absolute Gasteiger partial charge is 0.308 e. The number of nitrogens with two attached hydrogens (primary N) is 1. The molecule has 0 rings (SSSR count). The molecular formula is CH6ClNO2. The minimum atomic E-state index is 1.40. The van der Waals surface area contributed by atoms with E-state index in [9.17, 15) is 0 Å². The molecule has 4 heteroatoms. The molecule has 0 unspecified atom stereocenters. The first-order valence-electron chi connectivity index (χ1n) is 0.813. The zero-order valence-electron chi connectivity index (χ0n) is 2.81. The van der Waals surface area contributed by atoms with E-state index in [1.165, 1.54) is 7.11 Å². The van der Waals surface area contributed by atoms with Crippen molar-refractivity contribution in [2.45, 2.75) is 0 Å². The lowest BCUT2D eigenvalue weighted by Gasteiger charge is -1.62. The maximum Gasteiger partial charge on any atom is 0.0579 e. The topological polar surface area (TPSA) is 55.5 Å². The molecule has 0 radical (unpaired) electrons. The summed E-state index contributed by atoms with van der Waals surface area (Å²) in [7, 11) is 1.40. The Morgan fingerprint density at radius 3 is 1.80 bits per heavy atom. The van der Waals surface area contributed by atoms with E-state index in [0.29, 0.717) is 0 Å². The van der Waals surface area contributed by atoms with Crippen LogP contribution in [0.5, 0.6) is 0 Å². The van der Waals surface area contributed by atoms with E-state index < -0.39 is 0 Å². The van der Waals surface area contributed by atoms with Crippen molar-refractivity contribution in [2.75, 3.05) is 7.11 Å². The first kappa shape index (κ1) is 8.95. The van der Waals surface area contributed by atoms with Crippen LogP contribution < -0.4 is 5.90 Å². The van der Waals surface area contributed by atoms with Crippen LogP contribution in [-0.2, 0) is 4.84 Å². The summed E-state index contributed by atoms with van der Waals surface area (Å²) in [6.45, 7) is 0. The molecule has 0 bridgehead atoms. The SMILES string of the molecule is CON.OCl. The lowest BCUT2D eigenvalue weighted by Crippen LogP contribution is -1.86. The summed E-state index contributed by atoms with van der Waals surface area (Å²) < 4.78 is 6.47. The van der Waals surface area contributed by atoms with Crippen LogP contribution >= 0.6 is 11.9 Å². The molecule has 3 N–H and O–H groups in total. The Morgan fingerprint density at radius 1 is 1.80 bits per heavy atom. The van der Waals surface area contributed by atoms with Gasteiger partial charge >= 0.3 is 0 Å². The second kappa shape index (κ2) is 30.6. The van der Waals surface area contributed by atoms with Crippen LogP contribution in [0.15, 0.2) is 0 Å². The Bertz CT molecular complexity index is 9.61. The Kier molecular flexibility index (Phi) is 54.8. The molecule has 0 aromatic rings. The predicted molar refractivity (Wildman–Crippen MR) is 19.3 cm³/mol. The van der Waals surface area contributed by atoms with Crippen molar-refractivity contribution < 1.29 is 9.50 Å². The minimum absolute atomic E-state index is 1.40. The summed E-state index contributed by atoms with van der Waals surface area (Å²) >= 11 is 3.64. The second-order valence-corrected chi connectivity index (χ2v) is 0.236. The molecule has 0 aliphatic rings. The molecule has 34 valence electrons. The average molecular weight is 99.5 g/mol. The summed E-state index contributed by atoms with van der Waals surface area (Å²) in [5.41, 5.74) is 0. The van der Waals surface area contributed by atoms with Gasteiger partial charge in [0.25, 0.3) is 0 Å². The third-order valence-corrected chi connectivity index (χ3v) is 0. The van der Waals surface area contributed by atoms with E-state index in [1.54, 1.807) is 0 Å². The second-order valence-electron chi connectivity index (χ2n) is 0.236. The molecule has 0 spiro atoms. The fourth-order valence-electron chi connectivity index (χ4n) is 0. The number of halogens is 1. The van der Waals surface area contributed by atoms with Gasteiger partial charge in [-0.25, -0.2) is 5.90 Å². The number of hydrogen-bond donors (Lipinski definition) is 2. The minimum Gasteiger partial charge on any atom is -0.308 e. The highest BCUT2D eigenvalue weighted by Crippen LogP contribution is 1.31. The van der Waals surface area contributed by atoms with Gasteiger partial charge in [-0.05, 0) is 0 Å². The van der Waals surface area contributed by atoms with Gasteiger partial charge in [-0.1, -0.05) is 0 Å². The molecule has 0 saturated heterocycles. The molecule has 0 aliphatic carbocycles. The van der Waals surface area contributed by atoms with Crippen LogP contribution in [0.4, 0.5) is 0 Å². The van der Waals surface area contributed by atoms with Gasteiger partial charge in [0.05, 0.1) is 19.0 Å². The maximum absolute atomic E-state index is 6.47. The van der Waals surface area contributed by atoms with Gasteiger partial charge in [-0.15, -0.1) is 0 Å². The fourth-order valence-corrected chi connectivity index (χ4v) is 0. The van der Waals surface area contributed by atoms with Gasteiger partial charge in [0, 0.05) is 0 Å². The molecule has 0 aromatic carbocycles. The van der Waals surface area contributed by atoms with Crippen LogP contribution in [0.2, 0.25) is 0 Å². The predicted octanol–water partition coefficient (Wildman–Crippen LogP) is -0.361. The molecule has 5 heavy (non-hydrogen) atoms. The van der Waals surface area contributed by atoms with E-state index in [1.807, 2.05) is 0 Å². The van der Waals surface area contributed by atoms with E-state index in [2.05, 4.69) is 22.6 Å². The van der Waals surface area contributed by atoms with Crippen LogP contribution in [0, 0.1) is 0 Å². The van der Waals surface area contributed by atoms with E-state index >= 15 is 0 Å². The highest BCUT2D eigenvalue weighted by Gasteiger charge is 1.23. The molecule has 0 aliphatic heterocycles. The summed E-state index contributed by atoms with van der Waals surface area (Å²) in [5, 5.41) is 0. The molecule has 0 fully saturated rings. The van der Waals surface area contributed by atoms with Crippen molar-refractivity contribution in [1.82, 2.24) is 0 Å². The Balaban J connectivity index is 0. The van der Waals surface area contributed by atoms with Crippen molar-refractivity contribution in [2.24, 2.45) is 5.90 Å². The zero-order valence-corrected chi connectivity index (χ0v) is 3.57. The zero-order chi connectivity index (χ0) is 4.71. The summed E-state index contributed by atoms with van der Waals surface area (Å²) in [6, 6.07) is 0. The Morgan fingerprint density at radius 2 is 1.80 bits per heavy atom. The van der Waals surface area contributed by atoms with Crippen molar-refractivity contribution in [3.8, 4) is 0 Å². The molecule has 0 amide bonds. The van der Waals surface area contributed by atoms with Crippen molar-refractivity contribution in [3.05, 3.63) is 0 Å². The normalized spacial score (nSPS) is 4.80. The standard InChI is InChI=1S/CH5NO.ClHO/c1-3-2;1-2/h2H2,1H3;2H. The number of rotatable bonds is 0. The van der Waals surface area contributed by atoms with Crippen molar-refractivity contribution in [1.29, 1.82) is 0 Å². The summed E-state index contributed by atoms with van der Waals surface area (Å²) in [4.78, 5) is 3.75. The first-order valence-corrected chi connectivity index (χ1v) is 1.15. The molecule has 0 atom stereocenters. The first-order chi connectivity index (χ1) is 2.41. The van der Waals surface area contributed by atoms with Crippen LogP contribution in [-0.4, -0.2) is 11.8 Å². The van der Waals surface area contributed by atoms with E-state index in [0.717, 1.165) is 0 Å². The molecule has 3 nitrogen and oxygen atoms in total. The third-order valence-electron chi connectivity index (χ3n) is 0. The van der Waals surface area contributed by atoms with Gasteiger partial charge in [0.15, 0.2) is 0 Å². The van der Waals surface area contributed by atoms with Crippen molar-refractivity contribution in [3.63, 3.8) is 0 Å². The van der Waals surface area contributed by atoms with Gasteiger partial charge in [0.2, 0.25) is 0 Å². The smallest absolute Gasteiger partial charge is 0.0579 e. The van der Waals surface area contributed by atoms with Gasteiger partial charge in [-0.2, -0.15) is 0 Å². The fraction of sp³-hybridized carbons (Fsp3) is 1.00. The summed E-state index contributed by atoms with van der Waals surface area (Å²) in [5.74, 6) is 4.35. The highest BCUT2D eigenvalue weighted by atomic mass is 35.5. The molecular weight excluding hydrogens is 93.5 g/mol. The molecule has 0 saturated carbocycles. The van der Waals surface area contributed by atoms with Crippen LogP contribution in [0.1, 0.15) is 0 Å². The summed E-state index contributed by atoms with van der Waals surface area (Å²) in [6.07, 6.45) is 0. The Hall–Kier alpha value is 0.170. The molecule has 0 heterocycles. The number of hydrogen-bond acceptors (Lipinski definition) is 3. The quantitative estimate of drug-likeness (QED) is 0.408. The van der Waals surface area contributed by atoms with Crippen LogP contribution in [0.3, 0.4) is 0 Å².